The average Bonchev–Trinajstić information content (AvgIpc) is 2.99. The predicted octanol–water partition coefficient (Wildman–Crippen LogP) is 1.49. The van der Waals surface area contributed by atoms with E-state index in [1.807, 2.05) is 6.33 Å². The second-order valence-electron chi connectivity index (χ2n) is 5.04. The molecule has 94 valence electrons. The Morgan fingerprint density at radius 2 is 2.29 bits per heavy atom. The fraction of sp³-hybridized carbons (Fsp3) is 0.769. The lowest BCUT2D eigenvalue weighted by Gasteiger charge is -2.16. The van der Waals surface area contributed by atoms with Crippen LogP contribution in [0.15, 0.2) is 6.33 Å². The molecule has 17 heavy (non-hydrogen) atoms. The van der Waals surface area contributed by atoms with Crippen molar-refractivity contribution in [3.8, 4) is 0 Å². The van der Waals surface area contributed by atoms with Gasteiger partial charge in [0.25, 0.3) is 0 Å². The van der Waals surface area contributed by atoms with E-state index < -0.39 is 0 Å². The van der Waals surface area contributed by atoms with E-state index in [0.717, 1.165) is 32.7 Å². The fourth-order valence-corrected chi connectivity index (χ4v) is 2.86. The molecule has 1 N–H and O–H groups in total. The van der Waals surface area contributed by atoms with Crippen LogP contribution in [0.3, 0.4) is 0 Å². The Morgan fingerprint density at radius 1 is 1.41 bits per heavy atom. The third-order valence-corrected chi connectivity index (χ3v) is 3.85. The van der Waals surface area contributed by atoms with Gasteiger partial charge in [0.1, 0.15) is 0 Å². The van der Waals surface area contributed by atoms with Gasteiger partial charge in [0, 0.05) is 31.7 Å². The average molecular weight is 235 g/mol. The van der Waals surface area contributed by atoms with Gasteiger partial charge < -0.3 is 14.6 Å². The highest BCUT2D eigenvalue weighted by Crippen LogP contribution is 2.21. The number of imidazole rings is 1. The van der Waals surface area contributed by atoms with Crippen LogP contribution in [-0.2, 0) is 24.2 Å². The molecular formula is C13H21N3O. The van der Waals surface area contributed by atoms with Crippen LogP contribution in [0.1, 0.15) is 37.1 Å². The van der Waals surface area contributed by atoms with Gasteiger partial charge in [0.15, 0.2) is 0 Å². The third-order valence-electron chi connectivity index (χ3n) is 3.85. The number of nitrogens with zero attached hydrogens (tertiary/aromatic N) is 2. The lowest BCUT2D eigenvalue weighted by atomic mass is 10.2. The van der Waals surface area contributed by atoms with Crippen LogP contribution in [-0.4, -0.2) is 28.8 Å². The summed E-state index contributed by atoms with van der Waals surface area (Å²) in [5.41, 5.74) is 2.62. The van der Waals surface area contributed by atoms with Crippen molar-refractivity contribution in [1.82, 2.24) is 14.9 Å². The number of hydrogen-bond acceptors (Lipinski definition) is 3. The van der Waals surface area contributed by atoms with Crippen molar-refractivity contribution in [2.45, 2.75) is 51.3 Å². The van der Waals surface area contributed by atoms with Crippen molar-refractivity contribution in [2.24, 2.45) is 0 Å². The Kier molecular flexibility index (Phi) is 3.43. The molecule has 0 radical (unpaired) electrons. The minimum absolute atomic E-state index is 0.524. The Labute approximate surface area is 102 Å². The van der Waals surface area contributed by atoms with Gasteiger partial charge in [-0.2, -0.15) is 0 Å². The highest BCUT2D eigenvalue weighted by molar-refractivity contribution is 5.16. The van der Waals surface area contributed by atoms with Gasteiger partial charge in [-0.05, 0) is 12.8 Å². The molecule has 3 rings (SSSR count). The molecule has 0 atom stereocenters. The smallest absolute Gasteiger partial charge is 0.0953 e. The molecule has 0 aromatic carbocycles. The Morgan fingerprint density at radius 3 is 3.18 bits per heavy atom. The number of rotatable bonds is 4. The summed E-state index contributed by atoms with van der Waals surface area (Å²) in [6, 6.07) is 0. The molecule has 4 heteroatoms. The minimum atomic E-state index is 0.524. The molecule has 0 spiro atoms. The number of ether oxygens (including phenoxy) is 1. The SMILES string of the molecule is c1nc2c(n1CCOC1CCCC1)CCNC2. The number of hydrogen-bond donors (Lipinski definition) is 1. The monoisotopic (exact) mass is 235 g/mol. The van der Waals surface area contributed by atoms with Gasteiger partial charge in [-0.15, -0.1) is 0 Å². The zero-order valence-corrected chi connectivity index (χ0v) is 10.3. The summed E-state index contributed by atoms with van der Waals surface area (Å²) in [6.07, 6.45) is 8.79. The molecule has 1 saturated carbocycles. The Hall–Kier alpha value is -0.870. The van der Waals surface area contributed by atoms with E-state index in [9.17, 15) is 0 Å². The van der Waals surface area contributed by atoms with E-state index in [2.05, 4.69) is 14.9 Å². The molecule has 1 aromatic rings. The van der Waals surface area contributed by atoms with Gasteiger partial charge in [0.2, 0.25) is 0 Å². The zero-order valence-electron chi connectivity index (χ0n) is 10.3. The second-order valence-corrected chi connectivity index (χ2v) is 5.04. The van der Waals surface area contributed by atoms with E-state index >= 15 is 0 Å². The zero-order chi connectivity index (χ0) is 11.5. The third kappa shape index (κ3) is 2.53. The van der Waals surface area contributed by atoms with Crippen LogP contribution in [0.25, 0.3) is 0 Å². The largest absolute Gasteiger partial charge is 0.376 e. The second kappa shape index (κ2) is 5.19. The van der Waals surface area contributed by atoms with Crippen molar-refractivity contribution in [1.29, 1.82) is 0 Å². The standard InChI is InChI=1S/C13H21N3O/c1-2-4-11(3-1)17-8-7-16-10-15-12-9-14-6-5-13(12)16/h10-11,14H,1-9H2. The van der Waals surface area contributed by atoms with Crippen molar-refractivity contribution in [3.05, 3.63) is 17.7 Å². The maximum atomic E-state index is 5.90. The van der Waals surface area contributed by atoms with Crippen LogP contribution >= 0.6 is 0 Å². The molecule has 4 nitrogen and oxygen atoms in total. The number of fused-ring (bicyclic) bond motifs is 1. The first kappa shape index (κ1) is 11.2. The Balaban J connectivity index is 1.52. The molecule has 0 unspecified atom stereocenters. The summed E-state index contributed by atoms with van der Waals surface area (Å²) in [7, 11) is 0. The molecular weight excluding hydrogens is 214 g/mol. The normalized spacial score (nSPS) is 20.7. The summed E-state index contributed by atoms with van der Waals surface area (Å²) >= 11 is 0. The summed E-state index contributed by atoms with van der Waals surface area (Å²) in [5.74, 6) is 0. The summed E-state index contributed by atoms with van der Waals surface area (Å²) in [6.45, 7) is 3.79. The lowest BCUT2D eigenvalue weighted by molar-refractivity contribution is 0.0526. The molecule has 1 aliphatic heterocycles. The van der Waals surface area contributed by atoms with Gasteiger partial charge in [-0.25, -0.2) is 4.98 Å². The van der Waals surface area contributed by atoms with E-state index in [4.69, 9.17) is 4.74 Å². The van der Waals surface area contributed by atoms with Crippen molar-refractivity contribution >= 4 is 0 Å². The molecule has 0 amide bonds. The molecule has 2 aliphatic rings. The van der Waals surface area contributed by atoms with Crippen LogP contribution in [0.5, 0.6) is 0 Å². The van der Waals surface area contributed by atoms with E-state index in [1.54, 1.807) is 0 Å². The van der Waals surface area contributed by atoms with E-state index in [-0.39, 0.29) is 0 Å². The van der Waals surface area contributed by atoms with Crippen LogP contribution in [0.2, 0.25) is 0 Å². The minimum Gasteiger partial charge on any atom is -0.376 e. The maximum absolute atomic E-state index is 5.90. The molecule has 2 heterocycles. The van der Waals surface area contributed by atoms with Crippen LogP contribution in [0.4, 0.5) is 0 Å². The van der Waals surface area contributed by atoms with Gasteiger partial charge in [-0.1, -0.05) is 12.8 Å². The summed E-state index contributed by atoms with van der Waals surface area (Å²) in [5, 5.41) is 3.35. The molecule has 0 saturated heterocycles. The summed E-state index contributed by atoms with van der Waals surface area (Å²) in [4.78, 5) is 4.45. The van der Waals surface area contributed by atoms with Crippen LogP contribution in [0, 0.1) is 0 Å². The number of aromatic nitrogens is 2. The van der Waals surface area contributed by atoms with Crippen molar-refractivity contribution < 1.29 is 4.74 Å². The van der Waals surface area contributed by atoms with E-state index in [0.29, 0.717) is 6.10 Å². The molecule has 0 bridgehead atoms. The predicted molar refractivity (Wildman–Crippen MR) is 65.8 cm³/mol. The maximum Gasteiger partial charge on any atom is 0.0953 e. The summed E-state index contributed by atoms with van der Waals surface area (Å²) < 4.78 is 8.17. The highest BCUT2D eigenvalue weighted by Gasteiger charge is 2.17. The highest BCUT2D eigenvalue weighted by atomic mass is 16.5. The first-order valence-electron chi connectivity index (χ1n) is 6.78. The molecule has 1 aliphatic carbocycles. The topological polar surface area (TPSA) is 39.1 Å². The van der Waals surface area contributed by atoms with Crippen LogP contribution < -0.4 is 5.32 Å². The first-order valence-corrected chi connectivity index (χ1v) is 6.78. The van der Waals surface area contributed by atoms with Gasteiger partial charge in [-0.3, -0.25) is 0 Å². The van der Waals surface area contributed by atoms with Gasteiger partial charge >= 0.3 is 0 Å². The van der Waals surface area contributed by atoms with E-state index in [1.165, 1.54) is 37.1 Å². The fourth-order valence-electron chi connectivity index (χ4n) is 2.86. The van der Waals surface area contributed by atoms with Crippen molar-refractivity contribution in [3.63, 3.8) is 0 Å². The first-order chi connectivity index (χ1) is 8.43. The quantitative estimate of drug-likeness (QED) is 0.859. The Bertz CT molecular complexity index is 369. The molecule has 1 aromatic heterocycles. The number of nitrogens with one attached hydrogen (secondary N) is 1. The van der Waals surface area contributed by atoms with Crippen molar-refractivity contribution in [2.75, 3.05) is 13.2 Å². The lowest BCUT2D eigenvalue weighted by Crippen LogP contribution is -2.25. The molecule has 1 fully saturated rings. The van der Waals surface area contributed by atoms with Gasteiger partial charge in [0.05, 0.1) is 24.7 Å².